The summed E-state index contributed by atoms with van der Waals surface area (Å²) in [6.45, 7) is 8.35. The predicted octanol–water partition coefficient (Wildman–Crippen LogP) is 0.509. The number of aromatic nitrogens is 1. The lowest BCUT2D eigenvalue weighted by Gasteiger charge is -2.33. The van der Waals surface area contributed by atoms with Crippen LogP contribution in [0.25, 0.3) is 0 Å². The molecular weight excluding hydrogens is 354 g/mol. The smallest absolute Gasteiger partial charge is 0.222 e. The van der Waals surface area contributed by atoms with Crippen LogP contribution in [0.15, 0.2) is 23.3 Å². The summed E-state index contributed by atoms with van der Waals surface area (Å²) in [5.41, 5.74) is 1.12. The molecule has 3 rings (SSSR count). The van der Waals surface area contributed by atoms with Crippen LogP contribution in [0, 0.1) is 0 Å². The monoisotopic (exact) mass is 387 g/mol. The number of nitrogens with zero attached hydrogens (tertiary/aromatic N) is 5. The van der Waals surface area contributed by atoms with Crippen molar-refractivity contribution < 1.29 is 4.79 Å². The molecule has 1 unspecified atom stereocenters. The van der Waals surface area contributed by atoms with Crippen LogP contribution in [-0.2, 0) is 11.3 Å². The Morgan fingerprint density at radius 2 is 2.04 bits per heavy atom. The minimum absolute atomic E-state index is 0.221. The number of guanidine groups is 1. The van der Waals surface area contributed by atoms with Gasteiger partial charge < -0.3 is 25.3 Å². The second-order valence-corrected chi connectivity index (χ2v) is 7.56. The number of anilines is 1. The van der Waals surface area contributed by atoms with Crippen molar-refractivity contribution in [3.8, 4) is 0 Å². The van der Waals surface area contributed by atoms with Gasteiger partial charge in [0.2, 0.25) is 5.91 Å². The fourth-order valence-corrected chi connectivity index (χ4v) is 3.65. The highest BCUT2D eigenvalue weighted by Gasteiger charge is 2.25. The Balaban J connectivity index is 1.45. The fraction of sp³-hybridized carbons (Fsp3) is 0.650. The van der Waals surface area contributed by atoms with E-state index in [1.54, 1.807) is 7.05 Å². The number of aliphatic imine (C=N–C) groups is 1. The molecular formula is C20H33N7O. The summed E-state index contributed by atoms with van der Waals surface area (Å²) >= 11 is 0. The zero-order valence-corrected chi connectivity index (χ0v) is 17.3. The highest BCUT2D eigenvalue weighted by atomic mass is 16.2. The number of rotatable bonds is 5. The number of carbonyl (C=O) groups is 1. The zero-order valence-electron chi connectivity index (χ0n) is 17.3. The molecule has 2 aliphatic rings. The van der Waals surface area contributed by atoms with Crippen molar-refractivity contribution in [1.82, 2.24) is 25.4 Å². The van der Waals surface area contributed by atoms with E-state index in [0.29, 0.717) is 13.0 Å². The zero-order chi connectivity index (χ0) is 19.9. The van der Waals surface area contributed by atoms with Crippen molar-refractivity contribution >= 4 is 17.7 Å². The first-order valence-corrected chi connectivity index (χ1v) is 10.2. The Labute approximate surface area is 168 Å². The number of nitrogens with one attached hydrogen (secondary N) is 2. The van der Waals surface area contributed by atoms with Gasteiger partial charge in [0.15, 0.2) is 5.96 Å². The maximum Gasteiger partial charge on any atom is 0.222 e. The van der Waals surface area contributed by atoms with Crippen LogP contribution in [0.4, 0.5) is 5.82 Å². The fourth-order valence-electron chi connectivity index (χ4n) is 3.65. The van der Waals surface area contributed by atoms with E-state index in [2.05, 4.69) is 49.6 Å². The Kier molecular flexibility index (Phi) is 7.08. The second kappa shape index (κ2) is 9.73. The van der Waals surface area contributed by atoms with Crippen molar-refractivity contribution in [2.45, 2.75) is 32.4 Å². The number of pyridine rings is 1. The number of piperazine rings is 1. The van der Waals surface area contributed by atoms with E-state index in [-0.39, 0.29) is 11.9 Å². The van der Waals surface area contributed by atoms with Crippen LogP contribution in [0.3, 0.4) is 0 Å². The van der Waals surface area contributed by atoms with Gasteiger partial charge in [0, 0.05) is 71.5 Å². The van der Waals surface area contributed by atoms with Gasteiger partial charge in [-0.2, -0.15) is 0 Å². The predicted molar refractivity (Wildman–Crippen MR) is 113 cm³/mol. The summed E-state index contributed by atoms with van der Waals surface area (Å²) < 4.78 is 0. The molecule has 1 atom stereocenters. The van der Waals surface area contributed by atoms with Gasteiger partial charge in [-0.05, 0) is 25.1 Å². The molecule has 0 radical (unpaired) electrons. The average Bonchev–Trinajstić information content (AvgIpc) is 3.20. The first kappa shape index (κ1) is 20.4. The summed E-state index contributed by atoms with van der Waals surface area (Å²) in [6, 6.07) is 4.47. The van der Waals surface area contributed by atoms with Gasteiger partial charge in [-0.25, -0.2) is 4.98 Å². The summed E-state index contributed by atoms with van der Waals surface area (Å²) in [7, 11) is 3.93. The summed E-state index contributed by atoms with van der Waals surface area (Å²) in [5.74, 6) is 2.03. The van der Waals surface area contributed by atoms with E-state index in [1.807, 2.05) is 18.0 Å². The molecule has 0 aliphatic carbocycles. The lowest BCUT2D eigenvalue weighted by Crippen LogP contribution is -2.45. The Hall–Kier alpha value is -2.35. The molecule has 0 spiro atoms. The number of likely N-dealkylation sites (N-methyl/N-ethyl adjacent to an activating group) is 1. The maximum atomic E-state index is 11.8. The van der Waals surface area contributed by atoms with Crippen molar-refractivity contribution in [1.29, 1.82) is 0 Å². The Bertz CT molecular complexity index is 668. The lowest BCUT2D eigenvalue weighted by atomic mass is 10.2. The topological polar surface area (TPSA) is 76.1 Å². The van der Waals surface area contributed by atoms with E-state index >= 15 is 0 Å². The average molecular weight is 388 g/mol. The molecule has 2 fully saturated rings. The van der Waals surface area contributed by atoms with Crippen molar-refractivity contribution in [2.75, 3.05) is 58.3 Å². The molecule has 2 saturated heterocycles. The van der Waals surface area contributed by atoms with Crippen LogP contribution in [-0.4, -0.2) is 86.1 Å². The first-order chi connectivity index (χ1) is 13.6. The molecule has 1 aromatic rings. The van der Waals surface area contributed by atoms with Gasteiger partial charge in [-0.3, -0.25) is 9.79 Å². The standard InChI is InChI=1S/C20H33N7O/c1-4-19(28)27-8-7-17(15-27)24-20(21-2)23-14-16-5-6-18(22-13-16)26-11-9-25(3)10-12-26/h5-6,13,17H,4,7-12,14-15H2,1-3H3,(H2,21,23,24). The third-order valence-corrected chi connectivity index (χ3v) is 5.50. The number of likely N-dealkylation sites (tertiary alicyclic amines) is 1. The maximum absolute atomic E-state index is 11.8. The second-order valence-electron chi connectivity index (χ2n) is 7.56. The molecule has 1 aromatic heterocycles. The van der Waals surface area contributed by atoms with Crippen LogP contribution in [0.5, 0.6) is 0 Å². The first-order valence-electron chi connectivity index (χ1n) is 10.2. The molecule has 8 nitrogen and oxygen atoms in total. The minimum Gasteiger partial charge on any atom is -0.354 e. The van der Waals surface area contributed by atoms with Gasteiger partial charge in [-0.15, -0.1) is 0 Å². The molecule has 8 heteroatoms. The highest BCUT2D eigenvalue weighted by Crippen LogP contribution is 2.14. The van der Waals surface area contributed by atoms with Gasteiger partial charge in [0.25, 0.3) is 0 Å². The molecule has 28 heavy (non-hydrogen) atoms. The van der Waals surface area contributed by atoms with E-state index < -0.39 is 0 Å². The third kappa shape index (κ3) is 5.34. The van der Waals surface area contributed by atoms with Gasteiger partial charge in [0.05, 0.1) is 0 Å². The Morgan fingerprint density at radius 1 is 1.25 bits per heavy atom. The van der Waals surface area contributed by atoms with Crippen LogP contribution < -0.4 is 15.5 Å². The number of carbonyl (C=O) groups excluding carboxylic acids is 1. The molecule has 154 valence electrons. The lowest BCUT2D eigenvalue weighted by molar-refractivity contribution is -0.129. The summed E-state index contributed by atoms with van der Waals surface area (Å²) in [6.07, 6.45) is 3.45. The van der Waals surface area contributed by atoms with E-state index in [4.69, 9.17) is 0 Å². The molecule has 1 amide bonds. The number of hydrogen-bond acceptors (Lipinski definition) is 5. The molecule has 2 N–H and O–H groups in total. The quantitative estimate of drug-likeness (QED) is 0.566. The summed E-state index contributed by atoms with van der Waals surface area (Å²) in [4.78, 5) is 27.4. The van der Waals surface area contributed by atoms with Crippen molar-refractivity contribution in [3.63, 3.8) is 0 Å². The SMILES string of the molecule is CCC(=O)N1CCC(NC(=NC)NCc2ccc(N3CCN(C)CC3)nc2)C1. The number of amides is 1. The van der Waals surface area contributed by atoms with E-state index in [1.165, 1.54) is 0 Å². The molecule has 0 bridgehead atoms. The van der Waals surface area contributed by atoms with Gasteiger partial charge >= 0.3 is 0 Å². The highest BCUT2D eigenvalue weighted by molar-refractivity contribution is 5.80. The largest absolute Gasteiger partial charge is 0.354 e. The Morgan fingerprint density at radius 3 is 2.68 bits per heavy atom. The molecule has 2 aliphatic heterocycles. The van der Waals surface area contributed by atoms with E-state index in [9.17, 15) is 4.79 Å². The molecule has 0 aromatic carbocycles. The third-order valence-electron chi connectivity index (χ3n) is 5.50. The number of hydrogen-bond donors (Lipinski definition) is 2. The normalized spacial score (nSPS) is 21.1. The van der Waals surface area contributed by atoms with E-state index in [0.717, 1.165) is 63.0 Å². The van der Waals surface area contributed by atoms with Crippen LogP contribution in [0.2, 0.25) is 0 Å². The van der Waals surface area contributed by atoms with Gasteiger partial charge in [0.1, 0.15) is 5.82 Å². The summed E-state index contributed by atoms with van der Waals surface area (Å²) in [5, 5.41) is 6.77. The van der Waals surface area contributed by atoms with Gasteiger partial charge in [-0.1, -0.05) is 13.0 Å². The van der Waals surface area contributed by atoms with Crippen molar-refractivity contribution in [2.24, 2.45) is 4.99 Å². The van der Waals surface area contributed by atoms with Crippen LogP contribution in [0.1, 0.15) is 25.3 Å². The molecule has 0 saturated carbocycles. The minimum atomic E-state index is 0.221. The molecule has 3 heterocycles. The van der Waals surface area contributed by atoms with Crippen molar-refractivity contribution in [3.05, 3.63) is 23.9 Å². The van der Waals surface area contributed by atoms with Crippen LogP contribution >= 0.6 is 0 Å².